The normalized spacial score (nSPS) is 16.4. The molecule has 3 rings (SSSR count). The van der Waals surface area contributed by atoms with Gasteiger partial charge < -0.3 is 9.80 Å². The molecule has 0 amide bonds. The first kappa shape index (κ1) is 13.2. The summed E-state index contributed by atoms with van der Waals surface area (Å²) in [6, 6.07) is 19.5. The Bertz CT molecular complexity index is 525. The molecule has 0 radical (unpaired) electrons. The Hall–Kier alpha value is -1.80. The standard InChI is InChI=1S/C18H22N2/c1-2-19-12-14-20(15-13-19)18-10-8-17(9-11-18)16-6-4-3-5-7-16/h3-11H,2,12-15H2,1H3. The first-order chi connectivity index (χ1) is 9.86. The van der Waals surface area contributed by atoms with Gasteiger partial charge in [0.25, 0.3) is 0 Å². The fraction of sp³-hybridized carbons (Fsp3) is 0.333. The van der Waals surface area contributed by atoms with Crippen LogP contribution < -0.4 is 4.90 Å². The number of hydrogen-bond acceptors (Lipinski definition) is 2. The van der Waals surface area contributed by atoms with E-state index in [-0.39, 0.29) is 0 Å². The summed E-state index contributed by atoms with van der Waals surface area (Å²) >= 11 is 0. The van der Waals surface area contributed by atoms with Crippen molar-refractivity contribution >= 4 is 5.69 Å². The molecule has 2 aromatic rings. The zero-order valence-electron chi connectivity index (χ0n) is 12.1. The van der Waals surface area contributed by atoms with Crippen molar-refractivity contribution in [2.45, 2.75) is 6.92 Å². The predicted molar refractivity (Wildman–Crippen MR) is 86.2 cm³/mol. The van der Waals surface area contributed by atoms with Gasteiger partial charge in [0.05, 0.1) is 0 Å². The molecule has 0 atom stereocenters. The Balaban J connectivity index is 1.71. The van der Waals surface area contributed by atoms with E-state index >= 15 is 0 Å². The van der Waals surface area contributed by atoms with Crippen LogP contribution in [0.15, 0.2) is 54.6 Å². The molecule has 1 aliphatic rings. The zero-order valence-corrected chi connectivity index (χ0v) is 12.1. The molecule has 0 aromatic heterocycles. The Morgan fingerprint density at radius 3 is 1.95 bits per heavy atom. The minimum Gasteiger partial charge on any atom is -0.369 e. The summed E-state index contributed by atoms with van der Waals surface area (Å²) in [5, 5.41) is 0. The molecule has 0 unspecified atom stereocenters. The van der Waals surface area contributed by atoms with Gasteiger partial charge in [0.15, 0.2) is 0 Å². The van der Waals surface area contributed by atoms with Gasteiger partial charge in [-0.15, -0.1) is 0 Å². The van der Waals surface area contributed by atoms with Gasteiger partial charge in [-0.1, -0.05) is 49.4 Å². The van der Waals surface area contributed by atoms with Crippen LogP contribution in [0.4, 0.5) is 5.69 Å². The van der Waals surface area contributed by atoms with E-state index < -0.39 is 0 Å². The molecule has 2 nitrogen and oxygen atoms in total. The second-order valence-corrected chi connectivity index (χ2v) is 5.33. The second kappa shape index (κ2) is 6.10. The molecule has 20 heavy (non-hydrogen) atoms. The minimum atomic E-state index is 1.14. The molecule has 1 heterocycles. The first-order valence-corrected chi connectivity index (χ1v) is 7.49. The SMILES string of the molecule is CCN1CCN(c2ccc(-c3ccccc3)cc2)CC1. The van der Waals surface area contributed by atoms with Crippen LogP contribution in [0.3, 0.4) is 0 Å². The Morgan fingerprint density at radius 1 is 0.750 bits per heavy atom. The highest BCUT2D eigenvalue weighted by Crippen LogP contribution is 2.23. The number of likely N-dealkylation sites (N-methyl/N-ethyl adjacent to an activating group) is 1. The summed E-state index contributed by atoms with van der Waals surface area (Å²) < 4.78 is 0. The molecule has 0 aliphatic carbocycles. The van der Waals surface area contributed by atoms with Gasteiger partial charge >= 0.3 is 0 Å². The lowest BCUT2D eigenvalue weighted by Crippen LogP contribution is -2.46. The maximum absolute atomic E-state index is 2.51. The third kappa shape index (κ3) is 2.86. The summed E-state index contributed by atoms with van der Waals surface area (Å²) in [7, 11) is 0. The second-order valence-electron chi connectivity index (χ2n) is 5.33. The first-order valence-electron chi connectivity index (χ1n) is 7.49. The zero-order chi connectivity index (χ0) is 13.8. The van der Waals surface area contributed by atoms with E-state index in [2.05, 4.69) is 71.3 Å². The van der Waals surface area contributed by atoms with E-state index in [4.69, 9.17) is 0 Å². The quantitative estimate of drug-likeness (QED) is 0.839. The Morgan fingerprint density at radius 2 is 1.35 bits per heavy atom. The molecule has 1 aliphatic heterocycles. The van der Waals surface area contributed by atoms with E-state index in [1.807, 2.05) is 0 Å². The highest BCUT2D eigenvalue weighted by Gasteiger charge is 2.15. The van der Waals surface area contributed by atoms with Crippen molar-refractivity contribution in [2.24, 2.45) is 0 Å². The van der Waals surface area contributed by atoms with Crippen LogP contribution in [0.2, 0.25) is 0 Å². The number of hydrogen-bond donors (Lipinski definition) is 0. The molecular formula is C18H22N2. The minimum absolute atomic E-state index is 1.14. The molecular weight excluding hydrogens is 244 g/mol. The fourth-order valence-corrected chi connectivity index (χ4v) is 2.82. The van der Waals surface area contributed by atoms with Crippen molar-refractivity contribution in [3.63, 3.8) is 0 Å². The van der Waals surface area contributed by atoms with Crippen molar-refractivity contribution in [1.82, 2.24) is 4.90 Å². The highest BCUT2D eigenvalue weighted by molar-refractivity contribution is 5.66. The van der Waals surface area contributed by atoms with Crippen LogP contribution >= 0.6 is 0 Å². The number of rotatable bonds is 3. The molecule has 2 heteroatoms. The lowest BCUT2D eigenvalue weighted by atomic mass is 10.1. The van der Waals surface area contributed by atoms with E-state index in [1.54, 1.807) is 0 Å². The van der Waals surface area contributed by atoms with Crippen LogP contribution in [0, 0.1) is 0 Å². The predicted octanol–water partition coefficient (Wildman–Crippen LogP) is 3.50. The molecule has 1 saturated heterocycles. The number of anilines is 1. The van der Waals surface area contributed by atoms with Crippen molar-refractivity contribution < 1.29 is 0 Å². The fourth-order valence-electron chi connectivity index (χ4n) is 2.82. The summed E-state index contributed by atoms with van der Waals surface area (Å²) in [5.74, 6) is 0. The van der Waals surface area contributed by atoms with E-state index in [1.165, 1.54) is 36.4 Å². The summed E-state index contributed by atoms with van der Waals surface area (Å²) in [6.45, 7) is 8.04. The van der Waals surface area contributed by atoms with Gasteiger partial charge in [-0.2, -0.15) is 0 Å². The van der Waals surface area contributed by atoms with Gasteiger partial charge in [0, 0.05) is 31.9 Å². The third-order valence-electron chi connectivity index (χ3n) is 4.16. The maximum atomic E-state index is 2.51. The maximum Gasteiger partial charge on any atom is 0.0367 e. The van der Waals surface area contributed by atoms with Gasteiger partial charge in [-0.05, 0) is 29.8 Å². The van der Waals surface area contributed by atoms with Crippen molar-refractivity contribution in [1.29, 1.82) is 0 Å². The van der Waals surface area contributed by atoms with Crippen LogP contribution in [0.5, 0.6) is 0 Å². The van der Waals surface area contributed by atoms with Gasteiger partial charge in [-0.25, -0.2) is 0 Å². The largest absolute Gasteiger partial charge is 0.369 e. The van der Waals surface area contributed by atoms with E-state index in [0.717, 1.165) is 13.1 Å². The Labute approximate surface area is 121 Å². The summed E-state index contributed by atoms with van der Waals surface area (Å²) in [6.07, 6.45) is 0. The average Bonchev–Trinajstić information content (AvgIpc) is 2.56. The van der Waals surface area contributed by atoms with Gasteiger partial charge in [-0.3, -0.25) is 0 Å². The van der Waals surface area contributed by atoms with Crippen LogP contribution in [-0.4, -0.2) is 37.6 Å². The topological polar surface area (TPSA) is 6.48 Å². The number of benzene rings is 2. The summed E-state index contributed by atoms with van der Waals surface area (Å²) in [5.41, 5.74) is 3.93. The van der Waals surface area contributed by atoms with E-state index in [9.17, 15) is 0 Å². The average molecular weight is 266 g/mol. The lowest BCUT2D eigenvalue weighted by Gasteiger charge is -2.35. The van der Waals surface area contributed by atoms with Crippen LogP contribution in [0.1, 0.15) is 6.92 Å². The van der Waals surface area contributed by atoms with Crippen molar-refractivity contribution in [3.05, 3.63) is 54.6 Å². The van der Waals surface area contributed by atoms with Gasteiger partial charge in [0.1, 0.15) is 0 Å². The number of nitrogens with zero attached hydrogens (tertiary/aromatic N) is 2. The van der Waals surface area contributed by atoms with Crippen molar-refractivity contribution in [3.8, 4) is 11.1 Å². The monoisotopic (exact) mass is 266 g/mol. The highest BCUT2D eigenvalue weighted by atomic mass is 15.3. The molecule has 0 N–H and O–H groups in total. The number of piperazine rings is 1. The third-order valence-corrected chi connectivity index (χ3v) is 4.16. The molecule has 1 fully saturated rings. The summed E-state index contributed by atoms with van der Waals surface area (Å²) in [4.78, 5) is 5.00. The molecule has 0 spiro atoms. The smallest absolute Gasteiger partial charge is 0.0367 e. The van der Waals surface area contributed by atoms with Crippen LogP contribution in [-0.2, 0) is 0 Å². The Kier molecular flexibility index (Phi) is 4.03. The van der Waals surface area contributed by atoms with Crippen molar-refractivity contribution in [2.75, 3.05) is 37.6 Å². The molecule has 104 valence electrons. The lowest BCUT2D eigenvalue weighted by molar-refractivity contribution is 0.271. The molecule has 2 aromatic carbocycles. The molecule has 0 saturated carbocycles. The van der Waals surface area contributed by atoms with Crippen LogP contribution in [0.25, 0.3) is 11.1 Å². The molecule has 0 bridgehead atoms. The van der Waals surface area contributed by atoms with Gasteiger partial charge in [0.2, 0.25) is 0 Å². The van der Waals surface area contributed by atoms with E-state index in [0.29, 0.717) is 0 Å².